The molecule has 0 aliphatic carbocycles. The summed E-state index contributed by atoms with van der Waals surface area (Å²) >= 11 is 0. The van der Waals surface area contributed by atoms with Crippen LogP contribution in [0.1, 0.15) is 41.4 Å². The summed E-state index contributed by atoms with van der Waals surface area (Å²) in [5, 5.41) is 0. The number of carbonyl (C=O) groups excluding carboxylic acids is 4. The summed E-state index contributed by atoms with van der Waals surface area (Å²) in [5.74, 6) is 0. The molecular weight excluding hydrogens is 558 g/mol. The average Bonchev–Trinajstić information content (AvgIpc) is 3.12. The number of carbonyl (C=O) groups is 4. The van der Waals surface area contributed by atoms with Gasteiger partial charge in [0.1, 0.15) is 25.1 Å². The molecule has 6 aromatic rings. The van der Waals surface area contributed by atoms with E-state index in [1.54, 1.807) is 48.5 Å². The van der Waals surface area contributed by atoms with Crippen LogP contribution in [-0.4, -0.2) is 25.1 Å². The van der Waals surface area contributed by atoms with Crippen molar-refractivity contribution in [2.24, 2.45) is 0 Å². The lowest BCUT2D eigenvalue weighted by Crippen LogP contribution is -2.10. The van der Waals surface area contributed by atoms with Gasteiger partial charge in [0.25, 0.3) is 0 Å². The predicted molar refractivity (Wildman–Crippen MR) is 179 cm³/mol. The lowest BCUT2D eigenvalue weighted by atomic mass is 9.92. The van der Waals surface area contributed by atoms with E-state index in [-0.39, 0.29) is 0 Å². The molecule has 0 saturated heterocycles. The van der Waals surface area contributed by atoms with E-state index in [1.165, 1.54) is 0 Å². The molecule has 0 aliphatic rings. The summed E-state index contributed by atoms with van der Waals surface area (Å²) < 4.78 is 0. The maximum atomic E-state index is 11.3. The van der Waals surface area contributed by atoms with Crippen molar-refractivity contribution in [3.63, 3.8) is 0 Å². The second-order valence-corrected chi connectivity index (χ2v) is 10.6. The normalized spacial score (nSPS) is 10.6. The minimum absolute atomic E-state index is 0.586. The monoisotopic (exact) mass is 585 g/mol. The lowest BCUT2D eigenvalue weighted by Gasteiger charge is -2.26. The first kappa shape index (κ1) is 28.9. The van der Waals surface area contributed by atoms with Crippen LogP contribution in [0.2, 0.25) is 0 Å². The largest absolute Gasteiger partial charge is 0.311 e. The van der Waals surface area contributed by atoms with Crippen LogP contribution in [0.25, 0.3) is 33.4 Å². The molecule has 0 spiro atoms. The molecule has 45 heavy (non-hydrogen) atoms. The van der Waals surface area contributed by atoms with Gasteiger partial charge < -0.3 is 4.90 Å². The van der Waals surface area contributed by atoms with Gasteiger partial charge in [0.05, 0.1) is 0 Å². The van der Waals surface area contributed by atoms with Gasteiger partial charge in [-0.1, -0.05) is 60.7 Å². The Hall–Kier alpha value is -6.20. The van der Waals surface area contributed by atoms with Gasteiger partial charge in [-0.05, 0) is 112 Å². The number of benzene rings is 6. The zero-order chi connectivity index (χ0) is 31.2. The first-order valence-electron chi connectivity index (χ1n) is 14.4. The summed E-state index contributed by atoms with van der Waals surface area (Å²) in [7, 11) is 0. The molecule has 6 rings (SSSR count). The van der Waals surface area contributed by atoms with Gasteiger partial charge in [0, 0.05) is 39.3 Å². The molecule has 0 saturated carbocycles. The molecule has 0 amide bonds. The molecule has 0 aromatic heterocycles. The molecule has 0 heterocycles. The van der Waals surface area contributed by atoms with E-state index in [9.17, 15) is 19.2 Å². The third kappa shape index (κ3) is 6.28. The van der Waals surface area contributed by atoms with Crippen LogP contribution in [0.3, 0.4) is 0 Å². The van der Waals surface area contributed by atoms with Crippen LogP contribution in [0.15, 0.2) is 140 Å². The number of rotatable bonds is 10. The van der Waals surface area contributed by atoms with Crippen molar-refractivity contribution in [1.82, 2.24) is 0 Å². The quantitative estimate of drug-likeness (QED) is 0.150. The first-order valence-corrected chi connectivity index (χ1v) is 14.4. The number of nitrogens with zero attached hydrogens (tertiary/aromatic N) is 1. The molecule has 0 bridgehead atoms. The highest BCUT2D eigenvalue weighted by atomic mass is 16.1. The molecule has 0 radical (unpaired) electrons. The standard InChI is InChI=1S/C40H27NO4/c42-24-28-1-9-32(10-2-28)35-21-36(33-11-3-29(25-43)4-12-33)23-37(22-35)34-13-19-40(20-14-34)41(38-15-5-30(26-44)6-16-38)39-17-7-31(27-45)8-18-39/h1-27H. The maximum absolute atomic E-state index is 11.3. The molecular formula is C40H27NO4. The zero-order valence-corrected chi connectivity index (χ0v) is 24.2. The van der Waals surface area contributed by atoms with Gasteiger partial charge in [-0.2, -0.15) is 0 Å². The zero-order valence-electron chi connectivity index (χ0n) is 24.2. The van der Waals surface area contributed by atoms with Gasteiger partial charge in [-0.3, -0.25) is 19.2 Å². The Morgan fingerprint density at radius 1 is 0.289 bits per heavy atom. The summed E-state index contributed by atoms with van der Waals surface area (Å²) in [4.78, 5) is 47.1. The second-order valence-electron chi connectivity index (χ2n) is 10.6. The highest BCUT2D eigenvalue weighted by molar-refractivity contribution is 5.86. The summed E-state index contributed by atoms with van der Waals surface area (Å²) in [6, 6.07) is 44.3. The molecule has 0 aliphatic heterocycles. The Bertz CT molecular complexity index is 1850. The highest BCUT2D eigenvalue weighted by Gasteiger charge is 2.14. The van der Waals surface area contributed by atoms with Crippen molar-refractivity contribution in [1.29, 1.82) is 0 Å². The number of hydrogen-bond donors (Lipinski definition) is 0. The minimum atomic E-state index is 0.586. The van der Waals surface area contributed by atoms with E-state index in [2.05, 4.69) is 35.2 Å². The second kappa shape index (κ2) is 13.0. The van der Waals surface area contributed by atoms with Gasteiger partial charge in [-0.25, -0.2) is 0 Å². The van der Waals surface area contributed by atoms with E-state index in [1.807, 2.05) is 60.7 Å². The minimum Gasteiger partial charge on any atom is -0.311 e. The molecule has 6 aromatic carbocycles. The number of aldehydes is 4. The Balaban J connectivity index is 1.43. The number of hydrogen-bond acceptors (Lipinski definition) is 5. The van der Waals surface area contributed by atoms with E-state index < -0.39 is 0 Å². The lowest BCUT2D eigenvalue weighted by molar-refractivity contribution is 0.111. The highest BCUT2D eigenvalue weighted by Crippen LogP contribution is 2.37. The fourth-order valence-corrected chi connectivity index (χ4v) is 5.29. The molecule has 0 fully saturated rings. The van der Waals surface area contributed by atoms with E-state index >= 15 is 0 Å². The van der Waals surface area contributed by atoms with Crippen LogP contribution < -0.4 is 4.90 Å². The molecule has 0 unspecified atom stereocenters. The van der Waals surface area contributed by atoms with Crippen LogP contribution in [0.4, 0.5) is 17.1 Å². The third-order valence-electron chi connectivity index (χ3n) is 7.73. The Morgan fingerprint density at radius 2 is 0.511 bits per heavy atom. The first-order chi connectivity index (χ1) is 22.1. The maximum Gasteiger partial charge on any atom is 0.150 e. The van der Waals surface area contributed by atoms with Crippen LogP contribution in [0.5, 0.6) is 0 Å². The molecule has 5 heteroatoms. The number of anilines is 3. The average molecular weight is 586 g/mol. The van der Waals surface area contributed by atoms with Gasteiger partial charge in [0.2, 0.25) is 0 Å². The molecule has 0 atom stereocenters. The van der Waals surface area contributed by atoms with E-state index in [0.717, 1.165) is 75.6 Å². The van der Waals surface area contributed by atoms with E-state index in [4.69, 9.17) is 0 Å². The Kier molecular flexibility index (Phi) is 8.34. The van der Waals surface area contributed by atoms with E-state index in [0.29, 0.717) is 22.3 Å². The van der Waals surface area contributed by atoms with Crippen molar-refractivity contribution < 1.29 is 19.2 Å². The van der Waals surface area contributed by atoms with Gasteiger partial charge in [0.15, 0.2) is 0 Å². The molecule has 216 valence electrons. The van der Waals surface area contributed by atoms with Crippen molar-refractivity contribution >= 4 is 42.2 Å². The molecule has 0 N–H and O–H groups in total. The Morgan fingerprint density at radius 3 is 0.778 bits per heavy atom. The van der Waals surface area contributed by atoms with Crippen LogP contribution >= 0.6 is 0 Å². The fourth-order valence-electron chi connectivity index (χ4n) is 5.29. The summed E-state index contributed by atoms with van der Waals surface area (Å²) in [5.41, 5.74) is 11.0. The van der Waals surface area contributed by atoms with Gasteiger partial charge in [-0.15, -0.1) is 0 Å². The van der Waals surface area contributed by atoms with Crippen molar-refractivity contribution in [2.45, 2.75) is 0 Å². The van der Waals surface area contributed by atoms with Crippen molar-refractivity contribution in [3.05, 3.63) is 162 Å². The molecule has 5 nitrogen and oxygen atoms in total. The fraction of sp³-hybridized carbons (Fsp3) is 0. The van der Waals surface area contributed by atoms with Gasteiger partial charge >= 0.3 is 0 Å². The van der Waals surface area contributed by atoms with Crippen molar-refractivity contribution in [3.8, 4) is 33.4 Å². The predicted octanol–water partition coefficient (Wildman–Crippen LogP) is 9.41. The smallest absolute Gasteiger partial charge is 0.150 e. The van der Waals surface area contributed by atoms with Crippen LogP contribution in [0, 0.1) is 0 Å². The SMILES string of the molecule is O=Cc1ccc(-c2cc(-c3ccc(C=O)cc3)cc(-c3ccc(N(c4ccc(C=O)cc4)c4ccc(C=O)cc4)cc3)c2)cc1. The Labute approximate surface area is 261 Å². The summed E-state index contributed by atoms with van der Waals surface area (Å²) in [6.45, 7) is 0. The summed E-state index contributed by atoms with van der Waals surface area (Å²) in [6.07, 6.45) is 3.30. The van der Waals surface area contributed by atoms with Crippen LogP contribution in [-0.2, 0) is 0 Å². The van der Waals surface area contributed by atoms with Crippen molar-refractivity contribution in [2.75, 3.05) is 4.90 Å². The topological polar surface area (TPSA) is 71.5 Å². The third-order valence-corrected chi connectivity index (χ3v) is 7.73.